The highest BCUT2D eigenvalue weighted by molar-refractivity contribution is 6.04. The van der Waals surface area contributed by atoms with E-state index < -0.39 is 0 Å². The molecule has 4 aromatic rings. The number of para-hydroxylation sites is 1. The van der Waals surface area contributed by atoms with Crippen LogP contribution in [-0.2, 0) is 6.54 Å². The maximum Gasteiger partial charge on any atom is 0.277 e. The summed E-state index contributed by atoms with van der Waals surface area (Å²) in [6, 6.07) is 13.3. The Morgan fingerprint density at radius 2 is 1.96 bits per heavy atom. The molecule has 0 aliphatic rings. The Morgan fingerprint density at radius 1 is 1.12 bits per heavy atom. The Morgan fingerprint density at radius 3 is 2.76 bits per heavy atom. The summed E-state index contributed by atoms with van der Waals surface area (Å²) >= 11 is 0. The van der Waals surface area contributed by atoms with E-state index in [0.29, 0.717) is 17.6 Å². The Hall–Kier alpha value is -3.28. The molecule has 6 nitrogen and oxygen atoms in total. The third kappa shape index (κ3) is 2.52. The zero-order valence-electron chi connectivity index (χ0n) is 13.9. The van der Waals surface area contributed by atoms with Crippen LogP contribution in [0, 0.1) is 0 Å². The molecule has 0 bridgehead atoms. The lowest BCUT2D eigenvalue weighted by Gasteiger charge is -2.09. The second-order valence-corrected chi connectivity index (χ2v) is 5.75. The molecule has 0 saturated heterocycles. The molecule has 4 rings (SSSR count). The predicted molar refractivity (Wildman–Crippen MR) is 96.5 cm³/mol. The number of methoxy groups -OCH3 is 2. The van der Waals surface area contributed by atoms with Crippen molar-refractivity contribution in [2.75, 3.05) is 14.2 Å². The highest BCUT2D eigenvalue weighted by Crippen LogP contribution is 2.25. The van der Waals surface area contributed by atoms with Gasteiger partial charge < -0.3 is 14.5 Å². The monoisotopic (exact) mass is 335 g/mol. The molecule has 0 radical (unpaired) electrons. The van der Waals surface area contributed by atoms with Crippen molar-refractivity contribution in [3.05, 3.63) is 64.7 Å². The average Bonchev–Trinajstić information content (AvgIpc) is 3.03. The van der Waals surface area contributed by atoms with Crippen LogP contribution in [0.5, 0.6) is 11.5 Å². The summed E-state index contributed by atoms with van der Waals surface area (Å²) in [5.74, 6) is 1.48. The van der Waals surface area contributed by atoms with Crippen molar-refractivity contribution in [2.45, 2.75) is 6.54 Å². The Kier molecular flexibility index (Phi) is 3.65. The lowest BCUT2D eigenvalue weighted by Crippen LogP contribution is -2.21. The van der Waals surface area contributed by atoms with Crippen molar-refractivity contribution in [3.8, 4) is 11.5 Å². The predicted octanol–water partition coefficient (Wildman–Crippen LogP) is 2.94. The van der Waals surface area contributed by atoms with E-state index in [-0.39, 0.29) is 5.56 Å². The lowest BCUT2D eigenvalue weighted by molar-refractivity contribution is 0.408. The van der Waals surface area contributed by atoms with Crippen LogP contribution in [-0.4, -0.2) is 28.8 Å². The minimum absolute atomic E-state index is 0.119. The fourth-order valence-electron chi connectivity index (χ4n) is 3.03. The minimum Gasteiger partial charge on any atom is -0.497 e. The summed E-state index contributed by atoms with van der Waals surface area (Å²) in [6.45, 7) is 0.393. The molecule has 0 unspecified atom stereocenters. The first-order valence-electron chi connectivity index (χ1n) is 7.88. The van der Waals surface area contributed by atoms with Gasteiger partial charge in [-0.05, 0) is 18.2 Å². The van der Waals surface area contributed by atoms with E-state index in [1.165, 1.54) is 0 Å². The Balaban J connectivity index is 1.85. The van der Waals surface area contributed by atoms with Crippen molar-refractivity contribution < 1.29 is 9.47 Å². The van der Waals surface area contributed by atoms with Crippen LogP contribution in [0.4, 0.5) is 0 Å². The molecule has 0 aliphatic heterocycles. The van der Waals surface area contributed by atoms with Crippen molar-refractivity contribution in [1.82, 2.24) is 14.5 Å². The third-order valence-electron chi connectivity index (χ3n) is 4.31. The topological polar surface area (TPSA) is 69.1 Å². The molecular formula is C19H17N3O3. The molecule has 2 heterocycles. The summed E-state index contributed by atoms with van der Waals surface area (Å²) in [5.41, 5.74) is 2.78. The first-order valence-corrected chi connectivity index (χ1v) is 7.88. The van der Waals surface area contributed by atoms with E-state index >= 15 is 0 Å². The summed E-state index contributed by atoms with van der Waals surface area (Å²) in [4.78, 5) is 20.5. The fourth-order valence-corrected chi connectivity index (χ4v) is 3.03. The van der Waals surface area contributed by atoms with Crippen molar-refractivity contribution >= 4 is 21.9 Å². The zero-order valence-corrected chi connectivity index (χ0v) is 13.9. The Labute approximate surface area is 143 Å². The number of hydrogen-bond donors (Lipinski definition) is 1. The van der Waals surface area contributed by atoms with Gasteiger partial charge in [0.25, 0.3) is 5.56 Å². The second-order valence-electron chi connectivity index (χ2n) is 5.75. The number of hydrogen-bond acceptors (Lipinski definition) is 4. The number of rotatable bonds is 4. The minimum atomic E-state index is -0.119. The molecule has 0 fully saturated rings. The van der Waals surface area contributed by atoms with E-state index in [1.54, 1.807) is 25.1 Å². The van der Waals surface area contributed by atoms with Gasteiger partial charge in [0, 0.05) is 17.0 Å². The summed E-state index contributed by atoms with van der Waals surface area (Å²) in [7, 11) is 3.23. The molecule has 25 heavy (non-hydrogen) atoms. The largest absolute Gasteiger partial charge is 0.497 e. The van der Waals surface area contributed by atoms with Gasteiger partial charge in [-0.3, -0.25) is 9.36 Å². The molecule has 0 atom stereocenters. The van der Waals surface area contributed by atoms with Gasteiger partial charge in [-0.1, -0.05) is 18.2 Å². The quantitative estimate of drug-likeness (QED) is 0.622. The molecule has 2 aromatic carbocycles. The van der Waals surface area contributed by atoms with Crippen molar-refractivity contribution in [1.29, 1.82) is 0 Å². The maximum absolute atomic E-state index is 12.9. The van der Waals surface area contributed by atoms with E-state index in [0.717, 1.165) is 28.0 Å². The van der Waals surface area contributed by atoms with Gasteiger partial charge in [-0.25, -0.2) is 4.98 Å². The SMILES string of the molecule is COc1ccc2c(c1)[nH]c1c(=O)n(Cc3ccccc3OC)cnc12. The number of nitrogens with one attached hydrogen (secondary N) is 1. The summed E-state index contributed by atoms with van der Waals surface area (Å²) < 4.78 is 12.2. The van der Waals surface area contributed by atoms with Crippen LogP contribution in [0.25, 0.3) is 21.9 Å². The van der Waals surface area contributed by atoms with Crippen LogP contribution in [0.2, 0.25) is 0 Å². The van der Waals surface area contributed by atoms with E-state index in [2.05, 4.69) is 9.97 Å². The number of nitrogens with zero attached hydrogens (tertiary/aromatic N) is 2. The zero-order chi connectivity index (χ0) is 17.4. The van der Waals surface area contributed by atoms with Gasteiger partial charge in [-0.2, -0.15) is 0 Å². The maximum atomic E-state index is 12.9. The first-order chi connectivity index (χ1) is 12.2. The lowest BCUT2D eigenvalue weighted by atomic mass is 10.2. The average molecular weight is 335 g/mol. The number of aromatic amines is 1. The first kappa shape index (κ1) is 15.3. The summed E-state index contributed by atoms with van der Waals surface area (Å²) in [5, 5.41) is 0.900. The number of ether oxygens (including phenoxy) is 2. The summed E-state index contributed by atoms with van der Waals surface area (Å²) in [6.07, 6.45) is 1.58. The molecule has 0 spiro atoms. The van der Waals surface area contributed by atoms with Gasteiger partial charge in [0.05, 0.1) is 32.6 Å². The number of benzene rings is 2. The number of fused-ring (bicyclic) bond motifs is 3. The number of H-pyrrole nitrogens is 1. The van der Waals surface area contributed by atoms with Gasteiger partial charge in [-0.15, -0.1) is 0 Å². The van der Waals surface area contributed by atoms with Gasteiger partial charge in [0.15, 0.2) is 0 Å². The molecule has 6 heteroatoms. The normalized spacial score (nSPS) is 11.1. The van der Waals surface area contributed by atoms with E-state index in [9.17, 15) is 4.79 Å². The molecule has 0 aliphatic carbocycles. The smallest absolute Gasteiger partial charge is 0.277 e. The molecule has 2 aromatic heterocycles. The van der Waals surface area contributed by atoms with E-state index in [1.807, 2.05) is 42.5 Å². The molecule has 0 amide bonds. The second kappa shape index (κ2) is 5.98. The molecular weight excluding hydrogens is 318 g/mol. The number of aromatic nitrogens is 3. The standard InChI is InChI=1S/C19H17N3O3/c1-24-13-7-8-14-15(9-13)21-18-17(14)20-11-22(19(18)23)10-12-5-3-4-6-16(12)25-2/h3-9,11,21H,10H2,1-2H3. The molecule has 1 N–H and O–H groups in total. The fraction of sp³-hybridized carbons (Fsp3) is 0.158. The van der Waals surface area contributed by atoms with Gasteiger partial charge in [0.1, 0.15) is 22.5 Å². The van der Waals surface area contributed by atoms with Gasteiger partial charge >= 0.3 is 0 Å². The molecule has 0 saturated carbocycles. The van der Waals surface area contributed by atoms with Crippen LogP contribution in [0.3, 0.4) is 0 Å². The van der Waals surface area contributed by atoms with Crippen LogP contribution < -0.4 is 15.0 Å². The molecule has 126 valence electrons. The van der Waals surface area contributed by atoms with Crippen molar-refractivity contribution in [2.24, 2.45) is 0 Å². The van der Waals surface area contributed by atoms with Crippen LogP contribution >= 0.6 is 0 Å². The third-order valence-corrected chi connectivity index (χ3v) is 4.31. The van der Waals surface area contributed by atoms with E-state index in [4.69, 9.17) is 9.47 Å². The van der Waals surface area contributed by atoms with Crippen molar-refractivity contribution in [3.63, 3.8) is 0 Å². The van der Waals surface area contributed by atoms with Crippen LogP contribution in [0.1, 0.15) is 5.56 Å². The van der Waals surface area contributed by atoms with Crippen LogP contribution in [0.15, 0.2) is 53.6 Å². The van der Waals surface area contributed by atoms with Gasteiger partial charge in [0.2, 0.25) is 0 Å². The Bertz CT molecular complexity index is 1130. The highest BCUT2D eigenvalue weighted by Gasteiger charge is 2.12. The highest BCUT2D eigenvalue weighted by atomic mass is 16.5.